The van der Waals surface area contributed by atoms with E-state index in [0.29, 0.717) is 17.0 Å². The monoisotopic (exact) mass is 614 g/mol. The molecular formula is C35H40F2N6O2. The molecule has 1 N–H and O–H groups in total. The Kier molecular flexibility index (Phi) is 7.91. The van der Waals surface area contributed by atoms with Gasteiger partial charge in [0.15, 0.2) is 0 Å². The number of ether oxygens (including phenoxy) is 2. The zero-order chi connectivity index (χ0) is 31.4. The molecule has 0 unspecified atom stereocenters. The van der Waals surface area contributed by atoms with Crippen molar-refractivity contribution in [1.82, 2.24) is 30.0 Å². The number of nitrogens with one attached hydrogen (secondary N) is 1. The van der Waals surface area contributed by atoms with Crippen LogP contribution >= 0.6 is 0 Å². The fraction of sp³-hybridized carbons (Fsp3) is 0.457. The second-order valence-electron chi connectivity index (χ2n) is 12.6. The maximum atomic E-state index is 16.1. The third-order valence-corrected chi connectivity index (χ3v) is 9.76. The summed E-state index contributed by atoms with van der Waals surface area (Å²) in [6, 6.07) is 6.94. The van der Waals surface area contributed by atoms with Crippen LogP contribution in [0, 0.1) is 11.6 Å². The Labute approximate surface area is 262 Å². The number of benzene rings is 1. The summed E-state index contributed by atoms with van der Waals surface area (Å²) in [6.45, 7) is 8.66. The summed E-state index contributed by atoms with van der Waals surface area (Å²) in [5.74, 6) is -1.25. The summed E-state index contributed by atoms with van der Waals surface area (Å²) in [7, 11) is 3.71. The van der Waals surface area contributed by atoms with E-state index < -0.39 is 11.6 Å². The molecule has 7 rings (SSSR count). The van der Waals surface area contributed by atoms with Gasteiger partial charge in [0.25, 0.3) is 0 Å². The maximum Gasteiger partial charge on any atom is 0.137 e. The summed E-state index contributed by atoms with van der Waals surface area (Å²) in [6.07, 6.45) is 5.29. The molecule has 0 fully saturated rings. The van der Waals surface area contributed by atoms with Crippen LogP contribution < -0.4 is 10.1 Å². The number of halogens is 2. The van der Waals surface area contributed by atoms with Crippen molar-refractivity contribution >= 4 is 0 Å². The number of rotatable bonds is 7. The van der Waals surface area contributed by atoms with E-state index in [1.165, 1.54) is 11.6 Å². The van der Waals surface area contributed by atoms with E-state index in [0.717, 1.165) is 78.6 Å². The predicted molar refractivity (Wildman–Crippen MR) is 169 cm³/mol. The van der Waals surface area contributed by atoms with Crippen molar-refractivity contribution in [3.63, 3.8) is 0 Å². The Morgan fingerprint density at radius 1 is 0.978 bits per heavy atom. The molecule has 5 heterocycles. The Morgan fingerprint density at radius 2 is 1.80 bits per heavy atom. The molecule has 1 aliphatic carbocycles. The minimum Gasteiger partial charge on any atom is -0.490 e. The van der Waals surface area contributed by atoms with Crippen LogP contribution in [0.15, 0.2) is 30.5 Å². The van der Waals surface area contributed by atoms with Crippen LogP contribution in [-0.4, -0.2) is 65.1 Å². The zero-order valence-corrected chi connectivity index (χ0v) is 26.6. The first-order valence-electron chi connectivity index (χ1n) is 15.9. The summed E-state index contributed by atoms with van der Waals surface area (Å²) in [5, 5.41) is 8.62. The van der Waals surface area contributed by atoms with Gasteiger partial charge in [0.1, 0.15) is 29.7 Å². The number of hydrogen-bond acceptors (Lipinski definition) is 7. The summed E-state index contributed by atoms with van der Waals surface area (Å²) in [5.41, 5.74) is 9.32. The molecular weight excluding hydrogens is 574 g/mol. The van der Waals surface area contributed by atoms with Crippen molar-refractivity contribution in [2.45, 2.75) is 64.6 Å². The quantitative estimate of drug-likeness (QED) is 0.247. The van der Waals surface area contributed by atoms with Crippen molar-refractivity contribution in [3.8, 4) is 39.5 Å². The third-order valence-electron chi connectivity index (χ3n) is 9.76. The first-order chi connectivity index (χ1) is 21.7. The van der Waals surface area contributed by atoms with Crippen LogP contribution in [0.2, 0.25) is 0 Å². The van der Waals surface area contributed by atoms with Crippen molar-refractivity contribution in [1.29, 1.82) is 0 Å². The lowest BCUT2D eigenvalue weighted by molar-refractivity contribution is 0.146. The first-order valence-corrected chi connectivity index (χ1v) is 15.9. The van der Waals surface area contributed by atoms with Crippen LogP contribution in [0.3, 0.4) is 0 Å². The molecule has 0 spiro atoms. The fourth-order valence-corrected chi connectivity index (χ4v) is 7.16. The van der Waals surface area contributed by atoms with Crippen LogP contribution in [0.1, 0.15) is 73.4 Å². The normalized spacial score (nSPS) is 21.0. The van der Waals surface area contributed by atoms with Crippen LogP contribution in [0.5, 0.6) is 5.75 Å². The van der Waals surface area contributed by atoms with Crippen molar-refractivity contribution in [2.24, 2.45) is 0 Å². The van der Waals surface area contributed by atoms with Gasteiger partial charge in [-0.05, 0) is 75.9 Å². The number of pyridine rings is 2. The number of methoxy groups -OCH3 is 1. The molecule has 45 heavy (non-hydrogen) atoms. The molecule has 2 aliphatic heterocycles. The zero-order valence-electron chi connectivity index (χ0n) is 26.6. The van der Waals surface area contributed by atoms with Gasteiger partial charge in [-0.25, -0.2) is 13.8 Å². The van der Waals surface area contributed by atoms with Gasteiger partial charge in [-0.1, -0.05) is 0 Å². The fourth-order valence-electron chi connectivity index (χ4n) is 7.16. The van der Waals surface area contributed by atoms with Gasteiger partial charge in [-0.3, -0.25) is 14.6 Å². The number of nitrogens with zero attached hydrogens (tertiary/aromatic N) is 5. The lowest BCUT2D eigenvalue weighted by atomic mass is 9.90. The van der Waals surface area contributed by atoms with Gasteiger partial charge < -0.3 is 14.8 Å². The van der Waals surface area contributed by atoms with Crippen molar-refractivity contribution < 1.29 is 18.3 Å². The SMILES string of the molecule is COCCOc1cc(F)cc(F)c1-c1c(-c2cc3n(n2)[C@@H](C)CN[C@@H]3C)nc(-c2cnc3c(c2)[C@@H](C)N(C)CC3)c2c1CCC2. The Bertz CT molecular complexity index is 1740. The van der Waals surface area contributed by atoms with Gasteiger partial charge in [0.05, 0.1) is 35.3 Å². The molecule has 3 aliphatic rings. The van der Waals surface area contributed by atoms with E-state index in [4.69, 9.17) is 24.5 Å². The topological polar surface area (TPSA) is 77.3 Å². The third kappa shape index (κ3) is 5.22. The first kappa shape index (κ1) is 30.0. The minimum absolute atomic E-state index is 0.0959. The molecule has 1 aromatic carbocycles. The molecule has 10 heteroatoms. The van der Waals surface area contributed by atoms with Gasteiger partial charge in [-0.15, -0.1) is 0 Å². The lowest BCUT2D eigenvalue weighted by Gasteiger charge is -2.31. The van der Waals surface area contributed by atoms with Gasteiger partial charge >= 0.3 is 0 Å². The van der Waals surface area contributed by atoms with Gasteiger partial charge in [-0.2, -0.15) is 5.10 Å². The molecule has 8 nitrogen and oxygen atoms in total. The highest BCUT2D eigenvalue weighted by Crippen LogP contribution is 2.47. The summed E-state index contributed by atoms with van der Waals surface area (Å²) < 4.78 is 43.9. The summed E-state index contributed by atoms with van der Waals surface area (Å²) >= 11 is 0. The van der Waals surface area contributed by atoms with E-state index in [1.807, 2.05) is 10.9 Å². The van der Waals surface area contributed by atoms with E-state index in [-0.39, 0.29) is 42.7 Å². The molecule has 0 saturated heterocycles. The molecule has 0 saturated carbocycles. The number of likely N-dealkylation sites (N-methyl/N-ethyl adjacent to an activating group) is 1. The molecule has 0 radical (unpaired) electrons. The maximum absolute atomic E-state index is 16.1. The number of hydrogen-bond donors (Lipinski definition) is 1. The van der Waals surface area contributed by atoms with Crippen molar-refractivity contribution in [3.05, 3.63) is 70.2 Å². The lowest BCUT2D eigenvalue weighted by Crippen LogP contribution is -2.34. The Balaban J connectivity index is 1.50. The van der Waals surface area contributed by atoms with E-state index in [2.05, 4.69) is 50.2 Å². The van der Waals surface area contributed by atoms with Gasteiger partial charge in [0.2, 0.25) is 0 Å². The smallest absolute Gasteiger partial charge is 0.137 e. The highest BCUT2D eigenvalue weighted by atomic mass is 19.1. The second kappa shape index (κ2) is 11.9. The molecule has 0 amide bonds. The molecule has 236 valence electrons. The van der Waals surface area contributed by atoms with Crippen LogP contribution in [0.4, 0.5) is 8.78 Å². The molecule has 4 aromatic rings. The minimum atomic E-state index is -0.697. The number of aromatic nitrogens is 4. The van der Waals surface area contributed by atoms with Crippen LogP contribution in [0.25, 0.3) is 33.8 Å². The largest absolute Gasteiger partial charge is 0.490 e. The van der Waals surface area contributed by atoms with Crippen molar-refractivity contribution in [2.75, 3.05) is 40.5 Å². The predicted octanol–water partition coefficient (Wildman–Crippen LogP) is 6.24. The average Bonchev–Trinajstić information content (AvgIpc) is 3.70. The Morgan fingerprint density at radius 3 is 2.60 bits per heavy atom. The second-order valence-corrected chi connectivity index (χ2v) is 12.6. The molecule has 0 bridgehead atoms. The summed E-state index contributed by atoms with van der Waals surface area (Å²) in [4.78, 5) is 12.6. The Hall–Kier alpha value is -3.73. The van der Waals surface area contributed by atoms with Gasteiger partial charge in [0, 0.05) is 73.9 Å². The van der Waals surface area contributed by atoms with Crippen LogP contribution in [-0.2, 0) is 24.0 Å². The average molecular weight is 615 g/mol. The van der Waals surface area contributed by atoms with E-state index in [1.54, 1.807) is 7.11 Å². The molecule has 3 atom stereocenters. The van der Waals surface area contributed by atoms with E-state index >= 15 is 4.39 Å². The standard InChI is InChI=1S/C35H40F2N6O2/c1-19-17-38-20(2)30-16-29(41-43(19)30)35-32(33-27(37)14-23(36)15-31(33)45-12-11-44-5)24-7-6-8-25(24)34(40-35)22-13-26-21(3)42(4)10-9-28(26)39-18-22/h13-16,18-21,38H,6-12,17H2,1-5H3/t19-,20+,21+/m0/s1. The highest BCUT2D eigenvalue weighted by molar-refractivity contribution is 5.89. The van der Waals surface area contributed by atoms with E-state index in [9.17, 15) is 4.39 Å². The number of fused-ring (bicyclic) bond motifs is 3. The highest BCUT2D eigenvalue weighted by Gasteiger charge is 2.33. The molecule has 3 aromatic heterocycles.